The molecule has 3 nitrogen and oxygen atoms in total. The molecule has 1 heterocycles. The zero-order valence-corrected chi connectivity index (χ0v) is 6.43. The van der Waals surface area contributed by atoms with Crippen LogP contribution in [0.4, 0.5) is 0 Å². The van der Waals surface area contributed by atoms with Crippen molar-refractivity contribution in [2.24, 2.45) is 0 Å². The second-order valence-electron chi connectivity index (χ2n) is 2.48. The average Bonchev–Trinajstić information content (AvgIpc) is 2.03. The van der Waals surface area contributed by atoms with E-state index >= 15 is 0 Å². The number of rotatable bonds is 3. The van der Waals surface area contributed by atoms with Crippen molar-refractivity contribution in [3.8, 4) is 0 Å². The summed E-state index contributed by atoms with van der Waals surface area (Å²) in [5.74, 6) is 0. The fourth-order valence-electron chi connectivity index (χ4n) is 1.05. The number of ether oxygens (including phenoxy) is 2. The fraction of sp³-hybridized carbons (Fsp3) is 1.00. The Kier molecular flexibility index (Phi) is 3.72. The SMILES string of the molecule is COCC[C@@H]1CNCCO1. The van der Waals surface area contributed by atoms with Gasteiger partial charge in [0.2, 0.25) is 0 Å². The Morgan fingerprint density at radius 3 is 3.20 bits per heavy atom. The average molecular weight is 145 g/mol. The molecule has 0 saturated carbocycles. The predicted molar refractivity (Wildman–Crippen MR) is 39.1 cm³/mol. The second-order valence-corrected chi connectivity index (χ2v) is 2.48. The number of hydrogen-bond donors (Lipinski definition) is 1. The summed E-state index contributed by atoms with van der Waals surface area (Å²) in [6.45, 7) is 3.60. The summed E-state index contributed by atoms with van der Waals surface area (Å²) in [6, 6.07) is 0. The third-order valence-corrected chi connectivity index (χ3v) is 1.65. The Bertz CT molecular complexity index is 81.7. The molecule has 0 aromatic rings. The van der Waals surface area contributed by atoms with Gasteiger partial charge in [0, 0.05) is 26.8 Å². The lowest BCUT2D eigenvalue weighted by atomic mass is 10.2. The molecule has 0 radical (unpaired) electrons. The number of hydrogen-bond acceptors (Lipinski definition) is 3. The lowest BCUT2D eigenvalue weighted by Gasteiger charge is -2.22. The molecule has 0 aliphatic carbocycles. The van der Waals surface area contributed by atoms with E-state index in [4.69, 9.17) is 9.47 Å². The highest BCUT2D eigenvalue weighted by molar-refractivity contribution is 4.65. The summed E-state index contributed by atoms with van der Waals surface area (Å²) in [7, 11) is 1.72. The van der Waals surface area contributed by atoms with Gasteiger partial charge in [-0.1, -0.05) is 0 Å². The Morgan fingerprint density at radius 2 is 2.60 bits per heavy atom. The number of methoxy groups -OCH3 is 1. The van der Waals surface area contributed by atoms with Crippen LogP contribution in [0.1, 0.15) is 6.42 Å². The first kappa shape index (κ1) is 7.98. The van der Waals surface area contributed by atoms with Crippen LogP contribution in [0.25, 0.3) is 0 Å². The minimum absolute atomic E-state index is 0.369. The quantitative estimate of drug-likeness (QED) is 0.607. The minimum Gasteiger partial charge on any atom is -0.385 e. The third kappa shape index (κ3) is 2.64. The number of nitrogens with one attached hydrogen (secondary N) is 1. The first-order valence-electron chi connectivity index (χ1n) is 3.74. The third-order valence-electron chi connectivity index (χ3n) is 1.65. The molecule has 0 amide bonds. The maximum Gasteiger partial charge on any atom is 0.0722 e. The summed E-state index contributed by atoms with van der Waals surface area (Å²) in [6.07, 6.45) is 1.37. The van der Waals surface area contributed by atoms with Gasteiger partial charge in [-0.15, -0.1) is 0 Å². The van der Waals surface area contributed by atoms with Crippen LogP contribution in [0.5, 0.6) is 0 Å². The Morgan fingerprint density at radius 1 is 1.70 bits per heavy atom. The van der Waals surface area contributed by atoms with Crippen LogP contribution in [-0.4, -0.2) is 39.5 Å². The molecule has 1 N–H and O–H groups in total. The Labute approximate surface area is 61.7 Å². The van der Waals surface area contributed by atoms with Crippen molar-refractivity contribution in [3.05, 3.63) is 0 Å². The van der Waals surface area contributed by atoms with Gasteiger partial charge in [-0.3, -0.25) is 0 Å². The van der Waals surface area contributed by atoms with E-state index in [1.807, 2.05) is 0 Å². The van der Waals surface area contributed by atoms with Gasteiger partial charge in [0.05, 0.1) is 12.7 Å². The normalized spacial score (nSPS) is 26.7. The lowest BCUT2D eigenvalue weighted by Crippen LogP contribution is -2.38. The first-order chi connectivity index (χ1) is 4.93. The van der Waals surface area contributed by atoms with E-state index in [-0.39, 0.29) is 0 Å². The number of morpholine rings is 1. The van der Waals surface area contributed by atoms with Gasteiger partial charge in [0.25, 0.3) is 0 Å². The molecule has 0 spiro atoms. The van der Waals surface area contributed by atoms with Crippen molar-refractivity contribution in [3.63, 3.8) is 0 Å². The highest BCUT2D eigenvalue weighted by Crippen LogP contribution is 2.00. The summed E-state index contributed by atoms with van der Waals surface area (Å²) in [5.41, 5.74) is 0. The summed E-state index contributed by atoms with van der Waals surface area (Å²) in [5, 5.41) is 3.26. The monoisotopic (exact) mass is 145 g/mol. The van der Waals surface area contributed by atoms with Gasteiger partial charge in [-0.2, -0.15) is 0 Å². The predicted octanol–water partition coefficient (Wildman–Crippen LogP) is 0.0113. The molecule has 0 aromatic carbocycles. The molecular weight excluding hydrogens is 130 g/mol. The van der Waals surface area contributed by atoms with Gasteiger partial charge >= 0.3 is 0 Å². The molecule has 0 aromatic heterocycles. The molecule has 3 heteroatoms. The van der Waals surface area contributed by atoms with E-state index in [2.05, 4.69) is 5.32 Å². The van der Waals surface area contributed by atoms with E-state index in [9.17, 15) is 0 Å². The highest BCUT2D eigenvalue weighted by atomic mass is 16.5. The van der Waals surface area contributed by atoms with Gasteiger partial charge in [0.15, 0.2) is 0 Å². The Hall–Kier alpha value is -0.120. The highest BCUT2D eigenvalue weighted by Gasteiger charge is 2.11. The summed E-state index contributed by atoms with van der Waals surface area (Å²) in [4.78, 5) is 0. The molecule has 1 aliphatic heterocycles. The molecule has 0 unspecified atom stereocenters. The summed E-state index contributed by atoms with van der Waals surface area (Å²) >= 11 is 0. The maximum atomic E-state index is 5.44. The van der Waals surface area contributed by atoms with Crippen LogP contribution in [-0.2, 0) is 9.47 Å². The van der Waals surface area contributed by atoms with Crippen molar-refractivity contribution >= 4 is 0 Å². The van der Waals surface area contributed by atoms with Gasteiger partial charge in [0.1, 0.15) is 0 Å². The molecule has 1 saturated heterocycles. The van der Waals surface area contributed by atoms with Crippen molar-refractivity contribution in [1.82, 2.24) is 5.32 Å². The standard InChI is InChI=1S/C7H15NO2/c1-9-4-2-7-6-8-3-5-10-7/h7-8H,2-6H2,1H3/t7-/m1/s1. The van der Waals surface area contributed by atoms with Crippen molar-refractivity contribution in [2.75, 3.05) is 33.4 Å². The maximum absolute atomic E-state index is 5.44. The van der Waals surface area contributed by atoms with Crippen LogP contribution < -0.4 is 5.32 Å². The molecule has 1 atom stereocenters. The Balaban J connectivity index is 2.02. The van der Waals surface area contributed by atoms with E-state index < -0.39 is 0 Å². The smallest absolute Gasteiger partial charge is 0.0722 e. The molecule has 60 valence electrons. The summed E-state index contributed by atoms with van der Waals surface area (Å²) < 4.78 is 10.4. The fourth-order valence-corrected chi connectivity index (χ4v) is 1.05. The topological polar surface area (TPSA) is 30.5 Å². The zero-order valence-electron chi connectivity index (χ0n) is 6.43. The van der Waals surface area contributed by atoms with Gasteiger partial charge in [-0.25, -0.2) is 0 Å². The van der Waals surface area contributed by atoms with E-state index in [0.29, 0.717) is 6.10 Å². The largest absolute Gasteiger partial charge is 0.385 e. The molecular formula is C7H15NO2. The van der Waals surface area contributed by atoms with Crippen LogP contribution in [0.2, 0.25) is 0 Å². The van der Waals surface area contributed by atoms with E-state index in [0.717, 1.165) is 32.7 Å². The van der Waals surface area contributed by atoms with Crippen molar-refractivity contribution in [1.29, 1.82) is 0 Å². The molecule has 1 rings (SSSR count). The van der Waals surface area contributed by atoms with Crippen LogP contribution >= 0.6 is 0 Å². The lowest BCUT2D eigenvalue weighted by molar-refractivity contribution is 0.00896. The van der Waals surface area contributed by atoms with E-state index in [1.54, 1.807) is 7.11 Å². The van der Waals surface area contributed by atoms with Crippen molar-refractivity contribution in [2.45, 2.75) is 12.5 Å². The van der Waals surface area contributed by atoms with Crippen LogP contribution in [0.15, 0.2) is 0 Å². The minimum atomic E-state index is 0.369. The zero-order chi connectivity index (χ0) is 7.23. The van der Waals surface area contributed by atoms with E-state index in [1.165, 1.54) is 0 Å². The molecule has 10 heavy (non-hydrogen) atoms. The first-order valence-corrected chi connectivity index (χ1v) is 3.74. The van der Waals surface area contributed by atoms with Crippen molar-refractivity contribution < 1.29 is 9.47 Å². The van der Waals surface area contributed by atoms with Crippen LogP contribution in [0.3, 0.4) is 0 Å². The molecule has 1 aliphatic rings. The van der Waals surface area contributed by atoms with Gasteiger partial charge in [-0.05, 0) is 6.42 Å². The molecule has 1 fully saturated rings. The van der Waals surface area contributed by atoms with Crippen LogP contribution in [0, 0.1) is 0 Å². The molecule has 0 bridgehead atoms. The second kappa shape index (κ2) is 4.66. The van der Waals surface area contributed by atoms with Gasteiger partial charge < -0.3 is 14.8 Å².